The minimum atomic E-state index is -0.199. The van der Waals surface area contributed by atoms with Crippen LogP contribution in [0.2, 0.25) is 5.02 Å². The third-order valence-corrected chi connectivity index (χ3v) is 4.07. The molecule has 1 heterocycles. The van der Waals surface area contributed by atoms with Gasteiger partial charge < -0.3 is 20.1 Å². The Bertz CT molecular complexity index is 932. The number of methoxy groups -OCH3 is 1. The first kappa shape index (κ1) is 19.5. The van der Waals surface area contributed by atoms with E-state index in [4.69, 9.17) is 21.1 Å². The lowest BCUT2D eigenvalue weighted by Crippen LogP contribution is -2.28. The molecule has 7 heteroatoms. The van der Waals surface area contributed by atoms with Crippen molar-refractivity contribution in [3.63, 3.8) is 0 Å². The van der Waals surface area contributed by atoms with Gasteiger partial charge >= 0.3 is 0 Å². The van der Waals surface area contributed by atoms with Gasteiger partial charge in [0, 0.05) is 22.5 Å². The largest absolute Gasteiger partial charge is 0.497 e. The van der Waals surface area contributed by atoms with Gasteiger partial charge in [-0.05, 0) is 54.6 Å². The Balaban J connectivity index is 1.50. The highest BCUT2D eigenvalue weighted by Gasteiger charge is 2.07. The van der Waals surface area contributed by atoms with Crippen LogP contribution < -0.4 is 20.1 Å². The standard InChI is InChI=1S/C21H20ClN3O3/c1-27-18-5-7-19(8-6-18)28-12-11-24-21(26)15-9-10-23-20(13-15)25-17-4-2-3-16(22)14-17/h2-10,13-14H,11-12H2,1H3,(H,23,25)(H,24,26). The molecule has 2 aromatic carbocycles. The van der Waals surface area contributed by atoms with E-state index in [1.165, 1.54) is 0 Å². The maximum Gasteiger partial charge on any atom is 0.251 e. The van der Waals surface area contributed by atoms with Gasteiger partial charge in [-0.2, -0.15) is 0 Å². The first-order chi connectivity index (χ1) is 13.6. The number of nitrogens with zero attached hydrogens (tertiary/aromatic N) is 1. The van der Waals surface area contributed by atoms with E-state index in [0.29, 0.717) is 35.3 Å². The summed E-state index contributed by atoms with van der Waals surface area (Å²) in [5.41, 5.74) is 1.30. The van der Waals surface area contributed by atoms with E-state index >= 15 is 0 Å². The second-order valence-corrected chi connectivity index (χ2v) is 6.28. The lowest BCUT2D eigenvalue weighted by atomic mass is 10.2. The molecular formula is C21H20ClN3O3. The molecule has 28 heavy (non-hydrogen) atoms. The zero-order valence-electron chi connectivity index (χ0n) is 15.3. The molecule has 0 saturated heterocycles. The van der Waals surface area contributed by atoms with Gasteiger partial charge in [0.1, 0.15) is 23.9 Å². The molecule has 0 radical (unpaired) electrons. The minimum Gasteiger partial charge on any atom is -0.497 e. The van der Waals surface area contributed by atoms with Crippen molar-refractivity contribution in [3.05, 3.63) is 77.4 Å². The molecular weight excluding hydrogens is 378 g/mol. The second-order valence-electron chi connectivity index (χ2n) is 5.84. The van der Waals surface area contributed by atoms with E-state index in [1.807, 2.05) is 36.4 Å². The maximum absolute atomic E-state index is 12.3. The molecule has 0 spiro atoms. The zero-order chi connectivity index (χ0) is 19.8. The van der Waals surface area contributed by atoms with Crippen molar-refractivity contribution in [1.29, 1.82) is 0 Å². The van der Waals surface area contributed by atoms with Crippen molar-refractivity contribution in [3.8, 4) is 11.5 Å². The fourth-order valence-corrected chi connectivity index (χ4v) is 2.65. The molecule has 1 aromatic heterocycles. The van der Waals surface area contributed by atoms with Gasteiger partial charge in [0.05, 0.1) is 13.7 Å². The summed E-state index contributed by atoms with van der Waals surface area (Å²) in [7, 11) is 1.61. The smallest absolute Gasteiger partial charge is 0.251 e. The van der Waals surface area contributed by atoms with Gasteiger partial charge in [-0.25, -0.2) is 4.98 Å². The van der Waals surface area contributed by atoms with E-state index in [9.17, 15) is 4.79 Å². The van der Waals surface area contributed by atoms with Gasteiger partial charge in [-0.3, -0.25) is 4.79 Å². The van der Waals surface area contributed by atoms with Crippen molar-refractivity contribution in [2.45, 2.75) is 0 Å². The number of hydrogen-bond donors (Lipinski definition) is 2. The number of hydrogen-bond acceptors (Lipinski definition) is 5. The molecule has 144 valence electrons. The predicted molar refractivity (Wildman–Crippen MR) is 110 cm³/mol. The normalized spacial score (nSPS) is 10.2. The van der Waals surface area contributed by atoms with Crippen molar-refractivity contribution in [2.75, 3.05) is 25.6 Å². The van der Waals surface area contributed by atoms with Crippen LogP contribution in [0.4, 0.5) is 11.5 Å². The summed E-state index contributed by atoms with van der Waals surface area (Å²) < 4.78 is 10.7. The molecule has 0 unspecified atom stereocenters. The van der Waals surface area contributed by atoms with Crippen LogP contribution in [0.3, 0.4) is 0 Å². The monoisotopic (exact) mass is 397 g/mol. The van der Waals surface area contributed by atoms with Crippen LogP contribution in [0.25, 0.3) is 0 Å². The number of carbonyl (C=O) groups excluding carboxylic acids is 1. The Labute approximate surface area is 168 Å². The Morgan fingerprint density at radius 1 is 1.07 bits per heavy atom. The molecule has 6 nitrogen and oxygen atoms in total. The quantitative estimate of drug-likeness (QED) is 0.554. The van der Waals surface area contributed by atoms with Crippen molar-refractivity contribution in [2.24, 2.45) is 0 Å². The van der Waals surface area contributed by atoms with Crippen molar-refractivity contribution < 1.29 is 14.3 Å². The molecule has 0 aliphatic rings. The van der Waals surface area contributed by atoms with Crippen molar-refractivity contribution >= 4 is 29.0 Å². The van der Waals surface area contributed by atoms with Crippen LogP contribution in [-0.2, 0) is 0 Å². The fraction of sp³-hybridized carbons (Fsp3) is 0.143. The molecule has 0 atom stereocenters. The van der Waals surface area contributed by atoms with E-state index in [-0.39, 0.29) is 5.91 Å². The summed E-state index contributed by atoms with van der Waals surface area (Å²) in [4.78, 5) is 16.6. The van der Waals surface area contributed by atoms with Gasteiger partial charge in [0.2, 0.25) is 0 Å². The lowest BCUT2D eigenvalue weighted by Gasteiger charge is -2.10. The van der Waals surface area contributed by atoms with Crippen LogP contribution in [0.1, 0.15) is 10.4 Å². The van der Waals surface area contributed by atoms with Gasteiger partial charge in [0.15, 0.2) is 0 Å². The van der Waals surface area contributed by atoms with E-state index in [1.54, 1.807) is 37.6 Å². The average molecular weight is 398 g/mol. The number of rotatable bonds is 8. The summed E-state index contributed by atoms with van der Waals surface area (Å²) in [5, 5.41) is 6.58. The Kier molecular flexibility index (Phi) is 6.70. The highest BCUT2D eigenvalue weighted by molar-refractivity contribution is 6.30. The number of benzene rings is 2. The average Bonchev–Trinajstić information content (AvgIpc) is 2.72. The second kappa shape index (κ2) is 9.62. The molecule has 2 N–H and O–H groups in total. The van der Waals surface area contributed by atoms with Crippen LogP contribution in [0.5, 0.6) is 11.5 Å². The number of anilines is 2. The zero-order valence-corrected chi connectivity index (χ0v) is 16.1. The minimum absolute atomic E-state index is 0.199. The first-order valence-corrected chi connectivity index (χ1v) is 9.05. The van der Waals surface area contributed by atoms with Crippen molar-refractivity contribution in [1.82, 2.24) is 10.3 Å². The molecule has 3 rings (SSSR count). The fourth-order valence-electron chi connectivity index (χ4n) is 2.46. The highest BCUT2D eigenvalue weighted by Crippen LogP contribution is 2.19. The van der Waals surface area contributed by atoms with E-state index < -0.39 is 0 Å². The van der Waals surface area contributed by atoms with Crippen LogP contribution >= 0.6 is 11.6 Å². The number of carbonyl (C=O) groups is 1. The summed E-state index contributed by atoms with van der Waals surface area (Å²) in [6.07, 6.45) is 1.58. The Morgan fingerprint density at radius 2 is 1.86 bits per heavy atom. The summed E-state index contributed by atoms with van der Waals surface area (Å²) in [6, 6.07) is 17.9. The maximum atomic E-state index is 12.3. The number of halogens is 1. The molecule has 0 bridgehead atoms. The predicted octanol–water partition coefficient (Wildman–Crippen LogP) is 4.30. The molecule has 3 aromatic rings. The Hall–Kier alpha value is -3.25. The SMILES string of the molecule is COc1ccc(OCCNC(=O)c2ccnc(Nc3cccc(Cl)c3)c2)cc1. The summed E-state index contributed by atoms with van der Waals surface area (Å²) >= 11 is 5.98. The topological polar surface area (TPSA) is 72.5 Å². The van der Waals surface area contributed by atoms with Crippen LogP contribution in [-0.4, -0.2) is 31.2 Å². The van der Waals surface area contributed by atoms with Crippen LogP contribution in [0.15, 0.2) is 66.9 Å². The van der Waals surface area contributed by atoms with E-state index in [2.05, 4.69) is 15.6 Å². The lowest BCUT2D eigenvalue weighted by molar-refractivity contribution is 0.0947. The molecule has 0 saturated carbocycles. The molecule has 0 aliphatic carbocycles. The number of aromatic nitrogens is 1. The van der Waals surface area contributed by atoms with Gasteiger partial charge in [-0.1, -0.05) is 17.7 Å². The van der Waals surface area contributed by atoms with Crippen LogP contribution in [0, 0.1) is 0 Å². The summed E-state index contributed by atoms with van der Waals surface area (Å²) in [5.74, 6) is 1.84. The first-order valence-electron chi connectivity index (χ1n) is 8.68. The van der Waals surface area contributed by atoms with Gasteiger partial charge in [0.25, 0.3) is 5.91 Å². The Morgan fingerprint density at radius 3 is 2.61 bits per heavy atom. The molecule has 0 aliphatic heterocycles. The highest BCUT2D eigenvalue weighted by atomic mass is 35.5. The third-order valence-electron chi connectivity index (χ3n) is 3.83. The number of nitrogens with one attached hydrogen (secondary N) is 2. The summed E-state index contributed by atoms with van der Waals surface area (Å²) in [6.45, 7) is 0.737. The van der Waals surface area contributed by atoms with Gasteiger partial charge in [-0.15, -0.1) is 0 Å². The molecule has 0 fully saturated rings. The number of ether oxygens (including phenoxy) is 2. The third kappa shape index (κ3) is 5.62. The number of amides is 1. The number of pyridine rings is 1. The molecule has 1 amide bonds. The van der Waals surface area contributed by atoms with E-state index in [0.717, 1.165) is 11.4 Å².